The minimum Gasteiger partial charge on any atom is -0.365 e. The Kier molecular flexibility index (Phi) is 4.02. The Morgan fingerprint density at radius 1 is 1.35 bits per heavy atom. The van der Waals surface area contributed by atoms with Crippen LogP contribution in [-0.2, 0) is 5.75 Å². The van der Waals surface area contributed by atoms with E-state index in [1.165, 1.54) is 16.3 Å². The highest BCUT2D eigenvalue weighted by molar-refractivity contribution is 8.00. The summed E-state index contributed by atoms with van der Waals surface area (Å²) in [6.07, 6.45) is 0. The van der Waals surface area contributed by atoms with Gasteiger partial charge in [0.2, 0.25) is 0 Å². The first-order valence-corrected chi connectivity index (χ1v) is 7.01. The number of thiazole rings is 1. The van der Waals surface area contributed by atoms with E-state index in [-0.39, 0.29) is 5.82 Å². The number of thioether (sulfide) groups is 1. The molecule has 90 valence electrons. The number of aryl methyl sites for hydroxylation is 1. The zero-order valence-electron chi connectivity index (χ0n) is 9.66. The highest BCUT2D eigenvalue weighted by Crippen LogP contribution is 2.33. The Labute approximate surface area is 108 Å². The van der Waals surface area contributed by atoms with Gasteiger partial charge in [-0.1, -0.05) is 23.5 Å². The maximum atomic E-state index is 12.7. The van der Waals surface area contributed by atoms with Gasteiger partial charge in [0.1, 0.15) is 5.82 Å². The molecule has 0 radical (unpaired) electrons. The summed E-state index contributed by atoms with van der Waals surface area (Å²) in [5, 5.41) is 3.97. The quantitative estimate of drug-likeness (QED) is 0.851. The molecule has 0 unspecified atom stereocenters. The summed E-state index contributed by atoms with van der Waals surface area (Å²) in [5.41, 5.74) is 2.17. The van der Waals surface area contributed by atoms with Crippen molar-refractivity contribution in [2.24, 2.45) is 0 Å². The molecule has 0 aliphatic carbocycles. The third-order valence-corrected chi connectivity index (χ3v) is 4.86. The highest BCUT2D eigenvalue weighted by Gasteiger charge is 2.07. The molecule has 1 aromatic carbocycles. The molecule has 2 nitrogen and oxygen atoms in total. The van der Waals surface area contributed by atoms with E-state index in [4.69, 9.17) is 0 Å². The van der Waals surface area contributed by atoms with Gasteiger partial charge in [-0.3, -0.25) is 0 Å². The van der Waals surface area contributed by atoms with E-state index < -0.39 is 0 Å². The van der Waals surface area contributed by atoms with Gasteiger partial charge in [0, 0.05) is 12.8 Å². The molecular weight excluding hydrogens is 255 g/mol. The molecular formula is C12H13FN2S2. The van der Waals surface area contributed by atoms with Gasteiger partial charge >= 0.3 is 0 Å². The Bertz CT molecular complexity index is 494. The molecule has 17 heavy (non-hydrogen) atoms. The van der Waals surface area contributed by atoms with Crippen molar-refractivity contribution in [2.45, 2.75) is 16.9 Å². The van der Waals surface area contributed by atoms with Gasteiger partial charge in [-0.25, -0.2) is 9.37 Å². The van der Waals surface area contributed by atoms with Crippen molar-refractivity contribution >= 4 is 28.2 Å². The van der Waals surface area contributed by atoms with E-state index in [9.17, 15) is 4.39 Å². The Balaban J connectivity index is 2.01. The average Bonchev–Trinajstić information content (AvgIpc) is 2.69. The topological polar surface area (TPSA) is 24.9 Å². The van der Waals surface area contributed by atoms with Crippen LogP contribution in [0.2, 0.25) is 0 Å². The van der Waals surface area contributed by atoms with E-state index in [2.05, 4.69) is 10.3 Å². The smallest absolute Gasteiger partial charge is 0.183 e. The van der Waals surface area contributed by atoms with Crippen LogP contribution in [0.5, 0.6) is 0 Å². The van der Waals surface area contributed by atoms with Crippen LogP contribution in [-0.4, -0.2) is 12.0 Å². The molecule has 2 rings (SSSR count). The van der Waals surface area contributed by atoms with Crippen LogP contribution in [0, 0.1) is 12.7 Å². The number of rotatable bonds is 4. The standard InChI is InChI=1S/C12H13FN2S2/c1-8-11(17-12(14-2)15-8)16-7-9-3-5-10(13)6-4-9/h3-6H,7H2,1-2H3,(H,14,15). The largest absolute Gasteiger partial charge is 0.365 e. The maximum Gasteiger partial charge on any atom is 0.183 e. The van der Waals surface area contributed by atoms with Crippen molar-refractivity contribution in [3.63, 3.8) is 0 Å². The summed E-state index contributed by atoms with van der Waals surface area (Å²) in [6.45, 7) is 2.00. The van der Waals surface area contributed by atoms with Crippen LogP contribution in [0.25, 0.3) is 0 Å². The van der Waals surface area contributed by atoms with Gasteiger partial charge in [0.25, 0.3) is 0 Å². The van der Waals surface area contributed by atoms with Crippen molar-refractivity contribution in [3.05, 3.63) is 41.3 Å². The van der Waals surface area contributed by atoms with E-state index in [1.807, 2.05) is 26.1 Å². The lowest BCUT2D eigenvalue weighted by Crippen LogP contribution is -1.84. The molecule has 0 atom stereocenters. The molecule has 1 aromatic heterocycles. The molecule has 0 amide bonds. The highest BCUT2D eigenvalue weighted by atomic mass is 32.2. The molecule has 5 heteroatoms. The summed E-state index contributed by atoms with van der Waals surface area (Å²) in [5.74, 6) is 0.650. The molecule has 1 heterocycles. The molecule has 0 bridgehead atoms. The first-order chi connectivity index (χ1) is 8.19. The molecule has 0 saturated carbocycles. The SMILES string of the molecule is CNc1nc(C)c(SCc2ccc(F)cc2)s1. The van der Waals surface area contributed by atoms with Gasteiger partial charge < -0.3 is 5.32 Å². The third-order valence-electron chi connectivity index (χ3n) is 2.25. The predicted molar refractivity (Wildman–Crippen MR) is 72.4 cm³/mol. The number of halogens is 1. The van der Waals surface area contributed by atoms with Crippen LogP contribution < -0.4 is 5.32 Å². The average molecular weight is 268 g/mol. The van der Waals surface area contributed by atoms with Crippen molar-refractivity contribution in [1.29, 1.82) is 0 Å². The molecule has 1 N–H and O–H groups in total. The summed E-state index contributed by atoms with van der Waals surface area (Å²) in [6, 6.07) is 6.62. The number of aromatic nitrogens is 1. The first kappa shape index (κ1) is 12.4. The van der Waals surface area contributed by atoms with Gasteiger partial charge in [-0.05, 0) is 24.6 Å². The van der Waals surface area contributed by atoms with Crippen LogP contribution in [0.3, 0.4) is 0 Å². The van der Waals surface area contributed by atoms with Crippen molar-refractivity contribution in [2.75, 3.05) is 12.4 Å². The normalized spacial score (nSPS) is 10.5. The predicted octanol–water partition coefficient (Wildman–Crippen LogP) is 3.92. The Morgan fingerprint density at radius 3 is 2.65 bits per heavy atom. The maximum absolute atomic E-state index is 12.7. The fourth-order valence-electron chi connectivity index (χ4n) is 1.35. The van der Waals surface area contributed by atoms with Crippen LogP contribution in [0.15, 0.2) is 28.5 Å². The lowest BCUT2D eigenvalue weighted by Gasteiger charge is -1.99. The van der Waals surface area contributed by atoms with Crippen LogP contribution >= 0.6 is 23.1 Å². The van der Waals surface area contributed by atoms with Crippen molar-refractivity contribution in [1.82, 2.24) is 4.98 Å². The number of hydrogen-bond acceptors (Lipinski definition) is 4. The number of benzene rings is 1. The zero-order valence-corrected chi connectivity index (χ0v) is 11.3. The minimum absolute atomic E-state index is 0.190. The first-order valence-electron chi connectivity index (χ1n) is 5.21. The monoisotopic (exact) mass is 268 g/mol. The Morgan fingerprint density at radius 2 is 2.06 bits per heavy atom. The molecule has 0 aliphatic heterocycles. The molecule has 0 saturated heterocycles. The van der Waals surface area contributed by atoms with Crippen LogP contribution in [0.4, 0.5) is 9.52 Å². The second kappa shape index (κ2) is 5.51. The van der Waals surface area contributed by atoms with Gasteiger partial charge in [0.15, 0.2) is 5.13 Å². The van der Waals surface area contributed by atoms with Gasteiger partial charge in [-0.15, -0.1) is 11.8 Å². The number of nitrogens with one attached hydrogen (secondary N) is 1. The second-order valence-corrected chi connectivity index (χ2v) is 5.80. The van der Waals surface area contributed by atoms with Gasteiger partial charge in [0.05, 0.1) is 9.90 Å². The molecule has 0 aliphatic rings. The lowest BCUT2D eigenvalue weighted by molar-refractivity contribution is 0.627. The summed E-state index contributed by atoms with van der Waals surface area (Å²) in [7, 11) is 1.87. The molecule has 0 fully saturated rings. The van der Waals surface area contributed by atoms with E-state index in [0.717, 1.165) is 22.1 Å². The third kappa shape index (κ3) is 3.20. The van der Waals surface area contributed by atoms with E-state index >= 15 is 0 Å². The number of hydrogen-bond donors (Lipinski definition) is 1. The summed E-state index contributed by atoms with van der Waals surface area (Å²) >= 11 is 3.38. The van der Waals surface area contributed by atoms with Crippen molar-refractivity contribution < 1.29 is 4.39 Å². The summed E-state index contributed by atoms with van der Waals surface area (Å²) in [4.78, 5) is 4.38. The fourth-order valence-corrected chi connectivity index (χ4v) is 3.40. The molecule has 0 spiro atoms. The van der Waals surface area contributed by atoms with E-state index in [0.29, 0.717) is 0 Å². The molecule has 2 aromatic rings. The zero-order chi connectivity index (χ0) is 12.3. The number of nitrogens with zero attached hydrogens (tertiary/aromatic N) is 1. The van der Waals surface area contributed by atoms with Crippen molar-refractivity contribution in [3.8, 4) is 0 Å². The summed E-state index contributed by atoms with van der Waals surface area (Å²) < 4.78 is 13.9. The Hall–Kier alpha value is -1.07. The van der Waals surface area contributed by atoms with Crippen LogP contribution in [0.1, 0.15) is 11.3 Å². The minimum atomic E-state index is -0.190. The fraction of sp³-hybridized carbons (Fsp3) is 0.250. The number of anilines is 1. The second-order valence-electron chi connectivity index (χ2n) is 3.56. The van der Waals surface area contributed by atoms with Gasteiger partial charge in [-0.2, -0.15) is 0 Å². The van der Waals surface area contributed by atoms with E-state index in [1.54, 1.807) is 23.1 Å². The lowest BCUT2D eigenvalue weighted by atomic mass is 10.2.